The van der Waals surface area contributed by atoms with Gasteiger partial charge in [-0.25, -0.2) is 0 Å². The Morgan fingerprint density at radius 1 is 1.08 bits per heavy atom. The zero-order chi connectivity index (χ0) is 9.94. The quantitative estimate of drug-likeness (QED) is 0.445. The van der Waals surface area contributed by atoms with Crippen molar-refractivity contribution in [1.29, 1.82) is 0 Å². The maximum Gasteiger partial charge on any atom is 0.0915 e. The Morgan fingerprint density at radius 3 is 2.15 bits per heavy atom. The van der Waals surface area contributed by atoms with Gasteiger partial charge in [-0.1, -0.05) is 26.7 Å². The Morgan fingerprint density at radius 2 is 1.69 bits per heavy atom. The maximum absolute atomic E-state index is 5.27. The van der Waals surface area contributed by atoms with Crippen molar-refractivity contribution >= 4 is 0 Å². The van der Waals surface area contributed by atoms with E-state index in [2.05, 4.69) is 19.3 Å². The lowest BCUT2D eigenvalue weighted by atomic mass is 10.1. The van der Waals surface area contributed by atoms with E-state index in [9.17, 15) is 0 Å². The summed E-state index contributed by atoms with van der Waals surface area (Å²) in [5.41, 5.74) is 3.08. The van der Waals surface area contributed by atoms with E-state index in [1.165, 1.54) is 25.7 Å². The highest BCUT2D eigenvalue weighted by atomic mass is 16.7. The van der Waals surface area contributed by atoms with Crippen LogP contribution in [0.15, 0.2) is 0 Å². The number of hydroxylamine groups is 1. The van der Waals surface area contributed by atoms with Crippen molar-refractivity contribution in [2.24, 2.45) is 0 Å². The Bertz CT molecular complexity index is 92.9. The minimum Gasteiger partial charge on any atom is -0.382 e. The Hall–Kier alpha value is -0.120. The van der Waals surface area contributed by atoms with E-state index in [1.54, 1.807) is 7.11 Å². The van der Waals surface area contributed by atoms with Crippen LogP contribution in [0.3, 0.4) is 0 Å². The lowest BCUT2D eigenvalue weighted by molar-refractivity contribution is -0.0150. The van der Waals surface area contributed by atoms with Crippen LogP contribution in [0, 0.1) is 0 Å². The number of methoxy groups -OCH3 is 1. The molecule has 0 saturated carbocycles. The molecule has 0 atom stereocenters. The first-order valence-corrected chi connectivity index (χ1v) is 5.21. The van der Waals surface area contributed by atoms with E-state index < -0.39 is 0 Å². The summed E-state index contributed by atoms with van der Waals surface area (Å²) in [7, 11) is 1.68. The molecule has 0 aromatic rings. The van der Waals surface area contributed by atoms with Crippen LogP contribution in [0.25, 0.3) is 0 Å². The number of hydrogen-bond donors (Lipinski definition) is 1. The molecule has 0 aliphatic rings. The molecule has 0 aromatic carbocycles. The van der Waals surface area contributed by atoms with Crippen LogP contribution in [0.2, 0.25) is 0 Å². The third-order valence-corrected chi connectivity index (χ3v) is 1.91. The van der Waals surface area contributed by atoms with Crippen molar-refractivity contribution in [3.63, 3.8) is 0 Å². The third-order valence-electron chi connectivity index (χ3n) is 1.91. The molecule has 0 unspecified atom stereocenters. The fourth-order valence-electron chi connectivity index (χ4n) is 1.26. The van der Waals surface area contributed by atoms with Crippen LogP contribution < -0.4 is 5.48 Å². The van der Waals surface area contributed by atoms with Gasteiger partial charge < -0.3 is 4.74 Å². The van der Waals surface area contributed by atoms with Crippen molar-refractivity contribution in [2.75, 3.05) is 20.3 Å². The molecule has 0 radical (unpaired) electrons. The first kappa shape index (κ1) is 12.9. The predicted octanol–water partition coefficient (Wildman–Crippen LogP) is 2.12. The molecule has 0 amide bonds. The topological polar surface area (TPSA) is 30.5 Å². The Kier molecular flexibility index (Phi) is 9.87. The zero-order valence-electron chi connectivity index (χ0n) is 9.14. The molecule has 0 spiro atoms. The fraction of sp³-hybridized carbons (Fsp3) is 1.00. The molecule has 1 N–H and O–H groups in total. The molecule has 3 nitrogen and oxygen atoms in total. The largest absolute Gasteiger partial charge is 0.382 e. The van der Waals surface area contributed by atoms with Gasteiger partial charge in [-0.15, -0.1) is 0 Å². The van der Waals surface area contributed by atoms with Crippen molar-refractivity contribution in [3.8, 4) is 0 Å². The molecule has 0 aliphatic carbocycles. The van der Waals surface area contributed by atoms with Crippen molar-refractivity contribution < 1.29 is 9.57 Å². The molecular formula is C10H23NO2. The van der Waals surface area contributed by atoms with Gasteiger partial charge in [-0.2, -0.15) is 5.48 Å². The van der Waals surface area contributed by atoms with Gasteiger partial charge in [0, 0.05) is 13.2 Å². The molecule has 0 saturated heterocycles. The first-order chi connectivity index (χ1) is 6.35. The number of rotatable bonds is 9. The van der Waals surface area contributed by atoms with Crippen LogP contribution >= 0.6 is 0 Å². The molecule has 0 heterocycles. The summed E-state index contributed by atoms with van der Waals surface area (Å²) in [6.07, 6.45) is 4.76. The summed E-state index contributed by atoms with van der Waals surface area (Å²) in [6, 6.07) is 0.506. The first-order valence-electron chi connectivity index (χ1n) is 5.21. The average Bonchev–Trinajstić information content (AvgIpc) is 2.13. The second-order valence-electron chi connectivity index (χ2n) is 3.23. The fourth-order valence-corrected chi connectivity index (χ4v) is 1.26. The highest BCUT2D eigenvalue weighted by molar-refractivity contribution is 4.59. The van der Waals surface area contributed by atoms with Crippen molar-refractivity contribution in [1.82, 2.24) is 5.48 Å². The summed E-state index contributed by atoms with van der Waals surface area (Å²) in [4.78, 5) is 5.27. The summed E-state index contributed by atoms with van der Waals surface area (Å²) < 4.78 is 4.88. The second kappa shape index (κ2) is 9.96. The van der Waals surface area contributed by atoms with Gasteiger partial charge in [0.2, 0.25) is 0 Å². The lowest BCUT2D eigenvalue weighted by Crippen LogP contribution is -2.30. The van der Waals surface area contributed by atoms with Gasteiger partial charge in [-0.3, -0.25) is 4.84 Å². The van der Waals surface area contributed by atoms with Crippen LogP contribution in [0.4, 0.5) is 0 Å². The zero-order valence-corrected chi connectivity index (χ0v) is 9.14. The van der Waals surface area contributed by atoms with E-state index in [0.717, 1.165) is 0 Å². The summed E-state index contributed by atoms with van der Waals surface area (Å²) in [6.45, 7) is 5.66. The minimum atomic E-state index is 0.506. The molecule has 13 heavy (non-hydrogen) atoms. The predicted molar refractivity (Wildman–Crippen MR) is 54.6 cm³/mol. The van der Waals surface area contributed by atoms with Crippen LogP contribution in [-0.2, 0) is 9.57 Å². The maximum atomic E-state index is 5.27. The van der Waals surface area contributed by atoms with E-state index in [0.29, 0.717) is 19.3 Å². The number of hydrogen-bond acceptors (Lipinski definition) is 3. The minimum absolute atomic E-state index is 0.506. The van der Waals surface area contributed by atoms with Gasteiger partial charge in [0.1, 0.15) is 0 Å². The molecule has 80 valence electrons. The third kappa shape index (κ3) is 8.22. The second-order valence-corrected chi connectivity index (χ2v) is 3.23. The molecule has 0 aromatic heterocycles. The Labute approximate surface area is 81.8 Å². The van der Waals surface area contributed by atoms with E-state index in [-0.39, 0.29) is 0 Å². The van der Waals surface area contributed by atoms with Gasteiger partial charge in [-0.05, 0) is 12.8 Å². The molecule has 0 rings (SSSR count). The van der Waals surface area contributed by atoms with Gasteiger partial charge in [0.15, 0.2) is 0 Å². The van der Waals surface area contributed by atoms with Crippen LogP contribution in [-0.4, -0.2) is 26.4 Å². The molecule has 0 aliphatic heterocycles. The SMILES string of the molecule is CCCC(CCC)NOCCOC. The molecular weight excluding hydrogens is 166 g/mol. The Balaban J connectivity index is 3.33. The van der Waals surface area contributed by atoms with E-state index in [1.807, 2.05) is 0 Å². The van der Waals surface area contributed by atoms with Gasteiger partial charge in [0.25, 0.3) is 0 Å². The molecule has 3 heteroatoms. The monoisotopic (exact) mass is 189 g/mol. The molecule has 0 fully saturated rings. The van der Waals surface area contributed by atoms with Gasteiger partial charge >= 0.3 is 0 Å². The van der Waals surface area contributed by atoms with E-state index >= 15 is 0 Å². The average molecular weight is 189 g/mol. The highest BCUT2D eigenvalue weighted by Gasteiger charge is 2.04. The highest BCUT2D eigenvalue weighted by Crippen LogP contribution is 2.03. The number of nitrogens with one attached hydrogen (secondary N) is 1. The van der Waals surface area contributed by atoms with E-state index in [4.69, 9.17) is 9.57 Å². The lowest BCUT2D eigenvalue weighted by Gasteiger charge is -2.16. The van der Waals surface area contributed by atoms with Gasteiger partial charge in [0.05, 0.1) is 13.2 Å². The summed E-state index contributed by atoms with van der Waals surface area (Å²) in [5.74, 6) is 0. The van der Waals surface area contributed by atoms with Crippen molar-refractivity contribution in [3.05, 3.63) is 0 Å². The normalized spacial score (nSPS) is 11.1. The summed E-state index contributed by atoms with van der Waals surface area (Å²) >= 11 is 0. The molecule has 0 bridgehead atoms. The van der Waals surface area contributed by atoms with Crippen LogP contribution in [0.5, 0.6) is 0 Å². The van der Waals surface area contributed by atoms with Crippen LogP contribution in [0.1, 0.15) is 39.5 Å². The van der Waals surface area contributed by atoms with Crippen molar-refractivity contribution in [2.45, 2.75) is 45.6 Å². The smallest absolute Gasteiger partial charge is 0.0915 e. The standard InChI is InChI=1S/C10H23NO2/c1-4-6-10(7-5-2)11-13-9-8-12-3/h10-11H,4-9H2,1-3H3. The summed E-state index contributed by atoms with van der Waals surface area (Å²) in [5, 5.41) is 0. The number of ether oxygens (including phenoxy) is 1.